The number of hydrogen-bond donors (Lipinski definition) is 1. The summed E-state index contributed by atoms with van der Waals surface area (Å²) in [5.74, 6) is -0.209. The molecule has 6 nitrogen and oxygen atoms in total. The summed E-state index contributed by atoms with van der Waals surface area (Å²) in [6, 6.07) is 5.34. The highest BCUT2D eigenvalue weighted by Crippen LogP contribution is 2.24. The number of ether oxygens (including phenoxy) is 2. The van der Waals surface area contributed by atoms with E-state index in [1.807, 2.05) is 6.07 Å². The van der Waals surface area contributed by atoms with Crippen molar-refractivity contribution in [3.8, 4) is 5.69 Å². The third kappa shape index (κ3) is 4.14. The van der Waals surface area contributed by atoms with Gasteiger partial charge in [-0.2, -0.15) is 0 Å². The predicted octanol–water partition coefficient (Wildman–Crippen LogP) is 3.05. The van der Waals surface area contributed by atoms with Crippen LogP contribution in [-0.2, 0) is 14.3 Å². The molecule has 1 aliphatic rings. The number of anilines is 1. The maximum atomic E-state index is 12.2. The van der Waals surface area contributed by atoms with Gasteiger partial charge in [-0.3, -0.25) is 4.79 Å². The normalized spacial score (nSPS) is 18.5. The summed E-state index contributed by atoms with van der Waals surface area (Å²) < 4.78 is 12.9. The van der Waals surface area contributed by atoms with Gasteiger partial charge in [0.25, 0.3) is 5.91 Å². The second-order valence-corrected chi connectivity index (χ2v) is 6.14. The van der Waals surface area contributed by atoms with Gasteiger partial charge in [-0.1, -0.05) is 11.6 Å². The van der Waals surface area contributed by atoms with Gasteiger partial charge in [0.2, 0.25) is 0 Å². The van der Waals surface area contributed by atoms with E-state index in [0.29, 0.717) is 17.3 Å². The van der Waals surface area contributed by atoms with Crippen LogP contribution in [0.4, 0.5) is 5.69 Å². The highest BCUT2D eigenvalue weighted by molar-refractivity contribution is 6.32. The summed E-state index contributed by atoms with van der Waals surface area (Å²) in [6.45, 7) is 2.94. The van der Waals surface area contributed by atoms with Crippen LogP contribution in [0.2, 0.25) is 5.02 Å². The fraction of sp³-hybridized carbons (Fsp3) is 0.412. The molecule has 3 rings (SSSR count). The van der Waals surface area contributed by atoms with Crippen LogP contribution in [0.3, 0.4) is 0 Å². The molecule has 2 heterocycles. The molecule has 1 aromatic carbocycles. The molecule has 2 aromatic rings. The molecule has 0 unspecified atom stereocenters. The lowest BCUT2D eigenvalue weighted by atomic mass is 10.2. The Morgan fingerprint density at radius 1 is 1.58 bits per heavy atom. The maximum Gasteiger partial charge on any atom is 0.253 e. The number of aromatic nitrogens is 2. The Hall–Kier alpha value is -1.89. The number of imidazole rings is 1. The van der Waals surface area contributed by atoms with E-state index in [1.165, 1.54) is 0 Å². The monoisotopic (exact) mass is 349 g/mol. The Balaban J connectivity index is 1.56. The van der Waals surface area contributed by atoms with Crippen LogP contribution >= 0.6 is 11.6 Å². The van der Waals surface area contributed by atoms with Crippen molar-refractivity contribution < 1.29 is 14.3 Å². The molecule has 1 N–H and O–H groups in total. The molecule has 0 bridgehead atoms. The van der Waals surface area contributed by atoms with E-state index >= 15 is 0 Å². The summed E-state index contributed by atoms with van der Waals surface area (Å²) in [5, 5.41) is 3.34. The molecule has 128 valence electrons. The van der Waals surface area contributed by atoms with Gasteiger partial charge in [-0.05, 0) is 38.0 Å². The summed E-state index contributed by atoms with van der Waals surface area (Å²) in [5.41, 5.74) is 1.43. The van der Waals surface area contributed by atoms with E-state index in [9.17, 15) is 4.79 Å². The van der Waals surface area contributed by atoms with Crippen LogP contribution in [0.15, 0.2) is 36.9 Å². The lowest BCUT2D eigenvalue weighted by Crippen LogP contribution is -2.30. The van der Waals surface area contributed by atoms with E-state index in [0.717, 1.165) is 25.1 Å². The molecule has 0 saturated carbocycles. The van der Waals surface area contributed by atoms with Gasteiger partial charge >= 0.3 is 0 Å². The summed E-state index contributed by atoms with van der Waals surface area (Å²) in [4.78, 5) is 16.2. The van der Waals surface area contributed by atoms with Crippen LogP contribution in [-0.4, -0.2) is 40.9 Å². The van der Waals surface area contributed by atoms with Crippen molar-refractivity contribution in [2.24, 2.45) is 0 Å². The lowest BCUT2D eigenvalue weighted by molar-refractivity contribution is -0.128. The van der Waals surface area contributed by atoms with Crippen LogP contribution in [0.5, 0.6) is 0 Å². The number of amides is 1. The summed E-state index contributed by atoms with van der Waals surface area (Å²) in [7, 11) is 0. The van der Waals surface area contributed by atoms with Gasteiger partial charge in [-0.25, -0.2) is 4.98 Å². The van der Waals surface area contributed by atoms with Gasteiger partial charge < -0.3 is 19.4 Å². The number of nitrogens with one attached hydrogen (secondary N) is 1. The van der Waals surface area contributed by atoms with Crippen molar-refractivity contribution in [3.63, 3.8) is 0 Å². The number of carbonyl (C=O) groups excluding carboxylic acids is 1. The Labute approximate surface area is 145 Å². The number of rotatable bonds is 6. The number of carbonyl (C=O) groups is 1. The first kappa shape index (κ1) is 17.0. The first-order valence-electron chi connectivity index (χ1n) is 7.95. The quantitative estimate of drug-likeness (QED) is 0.870. The third-order valence-corrected chi connectivity index (χ3v) is 4.23. The zero-order chi connectivity index (χ0) is 16.9. The van der Waals surface area contributed by atoms with E-state index in [4.69, 9.17) is 21.1 Å². The highest BCUT2D eigenvalue weighted by Gasteiger charge is 2.20. The van der Waals surface area contributed by atoms with Crippen LogP contribution in [0, 0.1) is 0 Å². The lowest BCUT2D eigenvalue weighted by Gasteiger charge is -2.16. The number of halogens is 1. The van der Waals surface area contributed by atoms with Crippen LogP contribution < -0.4 is 5.32 Å². The average Bonchev–Trinajstić information content (AvgIpc) is 3.26. The van der Waals surface area contributed by atoms with Crippen LogP contribution in [0.1, 0.15) is 19.8 Å². The third-order valence-electron chi connectivity index (χ3n) is 3.92. The maximum absolute atomic E-state index is 12.2. The van der Waals surface area contributed by atoms with E-state index in [1.54, 1.807) is 42.3 Å². The van der Waals surface area contributed by atoms with E-state index in [-0.39, 0.29) is 12.0 Å². The van der Waals surface area contributed by atoms with Gasteiger partial charge in [0.05, 0.1) is 29.7 Å². The SMILES string of the molecule is C[C@@H](OC[C@H]1CCCO1)C(=O)Nc1ccc(-n2ccnc2)c(Cl)c1. The summed E-state index contributed by atoms with van der Waals surface area (Å²) >= 11 is 6.28. The largest absolute Gasteiger partial charge is 0.376 e. The Morgan fingerprint density at radius 3 is 3.12 bits per heavy atom. The Bertz CT molecular complexity index is 684. The molecule has 7 heteroatoms. The zero-order valence-electron chi connectivity index (χ0n) is 13.4. The molecule has 1 aromatic heterocycles. The topological polar surface area (TPSA) is 65.4 Å². The van der Waals surface area contributed by atoms with Gasteiger partial charge in [0.1, 0.15) is 6.10 Å². The number of benzene rings is 1. The molecule has 1 fully saturated rings. The van der Waals surface area contributed by atoms with Crippen molar-refractivity contribution in [2.75, 3.05) is 18.5 Å². The first-order chi connectivity index (χ1) is 11.6. The predicted molar refractivity (Wildman–Crippen MR) is 91.6 cm³/mol. The number of nitrogens with zero attached hydrogens (tertiary/aromatic N) is 2. The van der Waals surface area contributed by atoms with Crippen molar-refractivity contribution >= 4 is 23.2 Å². The minimum Gasteiger partial charge on any atom is -0.376 e. The molecule has 1 amide bonds. The minimum absolute atomic E-state index is 0.101. The fourth-order valence-electron chi connectivity index (χ4n) is 2.54. The molecule has 1 aliphatic heterocycles. The fourth-order valence-corrected chi connectivity index (χ4v) is 2.82. The first-order valence-corrected chi connectivity index (χ1v) is 8.33. The van der Waals surface area contributed by atoms with E-state index < -0.39 is 6.10 Å². The number of hydrogen-bond acceptors (Lipinski definition) is 4. The molecule has 2 atom stereocenters. The smallest absolute Gasteiger partial charge is 0.253 e. The second-order valence-electron chi connectivity index (χ2n) is 5.74. The minimum atomic E-state index is -0.554. The Kier molecular flexibility index (Phi) is 5.50. The van der Waals surface area contributed by atoms with Crippen molar-refractivity contribution in [1.29, 1.82) is 0 Å². The molecule has 0 spiro atoms. The zero-order valence-corrected chi connectivity index (χ0v) is 14.2. The standard InChI is InChI=1S/C17H20ClN3O3/c1-12(24-10-14-3-2-8-23-14)17(22)20-13-4-5-16(15(18)9-13)21-7-6-19-11-21/h4-7,9,11-12,14H,2-3,8,10H2,1H3,(H,20,22)/t12-,14-/m1/s1. The molecule has 0 radical (unpaired) electrons. The highest BCUT2D eigenvalue weighted by atomic mass is 35.5. The Morgan fingerprint density at radius 2 is 2.46 bits per heavy atom. The molecule has 24 heavy (non-hydrogen) atoms. The van der Waals surface area contributed by atoms with Crippen molar-refractivity contribution in [1.82, 2.24) is 9.55 Å². The molecular weight excluding hydrogens is 330 g/mol. The van der Waals surface area contributed by atoms with Crippen LogP contribution in [0.25, 0.3) is 5.69 Å². The second kappa shape index (κ2) is 7.79. The summed E-state index contributed by atoms with van der Waals surface area (Å²) in [6.07, 6.45) is 6.74. The molecular formula is C17H20ClN3O3. The van der Waals surface area contributed by atoms with Crippen molar-refractivity contribution in [3.05, 3.63) is 41.9 Å². The van der Waals surface area contributed by atoms with Gasteiger partial charge in [0.15, 0.2) is 0 Å². The van der Waals surface area contributed by atoms with Crippen molar-refractivity contribution in [2.45, 2.75) is 32.0 Å². The molecule has 1 saturated heterocycles. The van der Waals surface area contributed by atoms with Gasteiger partial charge in [0, 0.05) is 24.7 Å². The van der Waals surface area contributed by atoms with E-state index in [2.05, 4.69) is 10.3 Å². The average molecular weight is 350 g/mol. The van der Waals surface area contributed by atoms with Gasteiger partial charge in [-0.15, -0.1) is 0 Å². The molecule has 0 aliphatic carbocycles.